The Labute approximate surface area is 166 Å². The van der Waals surface area contributed by atoms with Crippen molar-refractivity contribution in [2.45, 2.75) is 19.0 Å². The van der Waals surface area contributed by atoms with Crippen LogP contribution in [0.25, 0.3) is 0 Å². The fourth-order valence-electron chi connectivity index (χ4n) is 3.20. The van der Waals surface area contributed by atoms with Crippen molar-refractivity contribution in [1.29, 1.82) is 0 Å². The topological polar surface area (TPSA) is 102 Å². The van der Waals surface area contributed by atoms with Gasteiger partial charge in [-0.15, -0.1) is 0 Å². The average Bonchev–Trinajstić information content (AvgIpc) is 2.68. The number of anilines is 1. The van der Waals surface area contributed by atoms with E-state index >= 15 is 0 Å². The number of hydrogen-bond donors (Lipinski definition) is 1. The number of nitro benzene ring substituents is 1. The number of nitro groups is 1. The molecule has 0 aliphatic carbocycles. The Morgan fingerprint density at radius 2 is 2.00 bits per heavy atom. The highest BCUT2D eigenvalue weighted by molar-refractivity contribution is 6.34. The first-order valence-electron chi connectivity index (χ1n) is 8.51. The number of amides is 1. The summed E-state index contributed by atoms with van der Waals surface area (Å²) in [5, 5.41) is 13.5. The minimum atomic E-state index is -0.571. The summed E-state index contributed by atoms with van der Waals surface area (Å²) in [6.45, 7) is 0.374. The molecule has 0 bridgehead atoms. The van der Waals surface area contributed by atoms with Crippen LogP contribution in [0.2, 0.25) is 5.02 Å². The van der Waals surface area contributed by atoms with Gasteiger partial charge in [-0.25, -0.2) is 0 Å². The summed E-state index contributed by atoms with van der Waals surface area (Å²) in [5.41, 5.74) is 2.20. The number of benzene rings is 2. The highest BCUT2D eigenvalue weighted by Gasteiger charge is 2.33. The Morgan fingerprint density at radius 3 is 2.64 bits per heavy atom. The third-order valence-corrected chi connectivity index (χ3v) is 4.92. The number of rotatable bonds is 5. The maximum atomic E-state index is 12.5. The lowest BCUT2D eigenvalue weighted by Crippen LogP contribution is -2.49. The molecule has 0 saturated carbocycles. The van der Waals surface area contributed by atoms with Crippen molar-refractivity contribution in [3.63, 3.8) is 0 Å². The molecule has 1 N–H and O–H groups in total. The van der Waals surface area contributed by atoms with Crippen LogP contribution in [0.3, 0.4) is 0 Å². The molecule has 8 nitrogen and oxygen atoms in total. The fourth-order valence-corrected chi connectivity index (χ4v) is 3.43. The van der Waals surface area contributed by atoms with Gasteiger partial charge >= 0.3 is 5.97 Å². The van der Waals surface area contributed by atoms with Gasteiger partial charge in [0, 0.05) is 18.7 Å². The van der Waals surface area contributed by atoms with Crippen molar-refractivity contribution in [2.24, 2.45) is 0 Å². The van der Waals surface area contributed by atoms with E-state index in [1.807, 2.05) is 24.3 Å². The van der Waals surface area contributed by atoms with Crippen molar-refractivity contribution in [1.82, 2.24) is 4.90 Å². The summed E-state index contributed by atoms with van der Waals surface area (Å²) in [4.78, 5) is 36.7. The maximum absolute atomic E-state index is 12.5. The third kappa shape index (κ3) is 4.29. The molecule has 1 aliphatic rings. The Bertz CT molecular complexity index is 934. The molecule has 0 unspecified atom stereocenters. The number of halogens is 1. The van der Waals surface area contributed by atoms with Gasteiger partial charge in [0.1, 0.15) is 6.04 Å². The molecule has 28 heavy (non-hydrogen) atoms. The zero-order valence-electron chi connectivity index (χ0n) is 15.1. The minimum absolute atomic E-state index is 0.0541. The maximum Gasteiger partial charge on any atom is 0.323 e. The number of carbonyl (C=O) groups excluding carboxylic acids is 2. The van der Waals surface area contributed by atoms with Gasteiger partial charge < -0.3 is 10.1 Å². The van der Waals surface area contributed by atoms with Crippen LogP contribution in [0.4, 0.5) is 11.4 Å². The van der Waals surface area contributed by atoms with Gasteiger partial charge in [-0.1, -0.05) is 35.9 Å². The molecule has 0 radical (unpaired) electrons. The number of methoxy groups -OCH3 is 1. The van der Waals surface area contributed by atoms with Gasteiger partial charge in [-0.05, 0) is 23.6 Å². The van der Waals surface area contributed by atoms with E-state index in [4.69, 9.17) is 16.3 Å². The molecule has 1 heterocycles. The first-order valence-corrected chi connectivity index (χ1v) is 8.89. The lowest BCUT2D eigenvalue weighted by atomic mass is 9.94. The van der Waals surface area contributed by atoms with Crippen molar-refractivity contribution >= 4 is 34.9 Å². The van der Waals surface area contributed by atoms with Gasteiger partial charge in [0.05, 0.1) is 29.3 Å². The summed E-state index contributed by atoms with van der Waals surface area (Å²) >= 11 is 6.02. The average molecular weight is 404 g/mol. The molecule has 1 atom stereocenters. The first kappa shape index (κ1) is 19.8. The number of ether oxygens (including phenoxy) is 1. The molecule has 2 aromatic rings. The van der Waals surface area contributed by atoms with Crippen LogP contribution in [0.15, 0.2) is 42.5 Å². The summed E-state index contributed by atoms with van der Waals surface area (Å²) < 4.78 is 4.89. The number of non-ortho nitro benzene ring substituents is 1. The standard InChI is InChI=1S/C19H18ClN3O5/c1-28-19(25)17-8-12-4-2-3-5-13(12)10-22(17)11-18(24)21-16-7-6-14(23(26)27)9-15(16)20/h2-7,9,17H,8,10-11H2,1H3,(H,21,24)/t17-/m1/s1. The van der Waals surface area contributed by atoms with Crippen molar-refractivity contribution in [2.75, 3.05) is 19.0 Å². The normalized spacial score (nSPS) is 16.1. The van der Waals surface area contributed by atoms with Gasteiger partial charge in [-0.3, -0.25) is 24.6 Å². The summed E-state index contributed by atoms with van der Waals surface area (Å²) in [6, 6.07) is 11.0. The molecule has 0 aromatic heterocycles. The van der Waals surface area contributed by atoms with Crippen LogP contribution in [-0.2, 0) is 27.3 Å². The van der Waals surface area contributed by atoms with Crippen molar-refractivity contribution in [3.8, 4) is 0 Å². The van der Waals surface area contributed by atoms with E-state index in [0.29, 0.717) is 13.0 Å². The zero-order chi connectivity index (χ0) is 20.3. The molecule has 0 spiro atoms. The SMILES string of the molecule is COC(=O)[C@H]1Cc2ccccc2CN1CC(=O)Nc1ccc([N+](=O)[O-])cc1Cl. The Balaban J connectivity index is 1.74. The monoisotopic (exact) mass is 403 g/mol. The molecule has 9 heteroatoms. The van der Waals surface area contributed by atoms with E-state index in [9.17, 15) is 19.7 Å². The number of nitrogens with one attached hydrogen (secondary N) is 1. The van der Waals surface area contributed by atoms with Gasteiger partial charge in [0.2, 0.25) is 5.91 Å². The summed E-state index contributed by atoms with van der Waals surface area (Å²) in [7, 11) is 1.32. The molecule has 2 aromatic carbocycles. The van der Waals surface area contributed by atoms with Crippen LogP contribution in [0, 0.1) is 10.1 Å². The molecule has 0 saturated heterocycles. The van der Waals surface area contributed by atoms with E-state index in [-0.39, 0.29) is 28.8 Å². The number of carbonyl (C=O) groups is 2. The zero-order valence-corrected chi connectivity index (χ0v) is 15.8. The molecular formula is C19H18ClN3O5. The smallest absolute Gasteiger partial charge is 0.323 e. The predicted octanol–water partition coefficient (Wildman–Crippen LogP) is 2.79. The van der Waals surface area contributed by atoms with Gasteiger partial charge in [0.15, 0.2) is 0 Å². The van der Waals surface area contributed by atoms with Crippen LogP contribution >= 0.6 is 11.6 Å². The third-order valence-electron chi connectivity index (χ3n) is 4.60. The Hall–Kier alpha value is -2.97. The quantitative estimate of drug-likeness (QED) is 0.468. The van der Waals surface area contributed by atoms with E-state index in [2.05, 4.69) is 5.32 Å². The molecular weight excluding hydrogens is 386 g/mol. The van der Waals surface area contributed by atoms with E-state index < -0.39 is 16.9 Å². The van der Waals surface area contributed by atoms with E-state index in [0.717, 1.165) is 11.1 Å². The molecule has 1 aliphatic heterocycles. The fraction of sp³-hybridized carbons (Fsp3) is 0.263. The first-order chi connectivity index (χ1) is 13.4. The largest absolute Gasteiger partial charge is 0.468 e. The number of fused-ring (bicyclic) bond motifs is 1. The predicted molar refractivity (Wildman–Crippen MR) is 103 cm³/mol. The van der Waals surface area contributed by atoms with Crippen LogP contribution in [-0.4, -0.2) is 41.4 Å². The molecule has 1 amide bonds. The highest BCUT2D eigenvalue weighted by atomic mass is 35.5. The van der Waals surface area contributed by atoms with Gasteiger partial charge in [0.25, 0.3) is 5.69 Å². The summed E-state index contributed by atoms with van der Waals surface area (Å²) in [6.07, 6.45) is 0.453. The summed E-state index contributed by atoms with van der Waals surface area (Å²) in [5.74, 6) is -0.792. The lowest BCUT2D eigenvalue weighted by Gasteiger charge is -2.34. The molecule has 0 fully saturated rings. The van der Waals surface area contributed by atoms with Crippen molar-refractivity contribution < 1.29 is 19.2 Å². The molecule has 3 rings (SSSR count). The van der Waals surface area contributed by atoms with Gasteiger partial charge in [-0.2, -0.15) is 0 Å². The second-order valence-corrected chi connectivity index (χ2v) is 6.79. The van der Waals surface area contributed by atoms with Crippen LogP contribution in [0.1, 0.15) is 11.1 Å². The van der Waals surface area contributed by atoms with E-state index in [1.165, 1.54) is 25.3 Å². The van der Waals surface area contributed by atoms with Crippen molar-refractivity contribution in [3.05, 3.63) is 68.7 Å². The number of hydrogen-bond acceptors (Lipinski definition) is 6. The number of nitrogens with zero attached hydrogens (tertiary/aromatic N) is 2. The molecule has 146 valence electrons. The Kier molecular flexibility index (Phi) is 5.91. The van der Waals surface area contributed by atoms with Crippen LogP contribution < -0.4 is 5.32 Å². The van der Waals surface area contributed by atoms with E-state index in [1.54, 1.807) is 4.90 Å². The van der Waals surface area contributed by atoms with Crippen LogP contribution in [0.5, 0.6) is 0 Å². The lowest BCUT2D eigenvalue weighted by molar-refractivity contribution is -0.384. The Morgan fingerprint density at radius 1 is 1.29 bits per heavy atom. The number of esters is 1. The second-order valence-electron chi connectivity index (χ2n) is 6.39. The second kappa shape index (κ2) is 8.37. The highest BCUT2D eigenvalue weighted by Crippen LogP contribution is 2.27. The minimum Gasteiger partial charge on any atom is -0.468 e.